The molecule has 3 rings (SSSR count). The monoisotopic (exact) mass is 740 g/mol. The van der Waals surface area contributed by atoms with Gasteiger partial charge in [0.1, 0.15) is 11.8 Å². The third-order valence-electron chi connectivity index (χ3n) is 8.96. The van der Waals surface area contributed by atoms with Crippen LogP contribution >= 0.6 is 0 Å². The highest BCUT2D eigenvalue weighted by Gasteiger charge is 2.38. The summed E-state index contributed by atoms with van der Waals surface area (Å²) in [6.45, 7) is 1.58. The van der Waals surface area contributed by atoms with E-state index in [0.717, 1.165) is 0 Å². The number of nitrogens with two attached hydrogens (primary N) is 1. The van der Waals surface area contributed by atoms with E-state index in [4.69, 9.17) is 5.73 Å². The topological polar surface area (TPSA) is 286 Å². The van der Waals surface area contributed by atoms with Crippen molar-refractivity contribution in [3.05, 3.63) is 48.0 Å². The SMILES string of the molecule is C[C@@H](NC(=O)c1ccc(NNC(=O)CCC(=O)CCCCC[C@H](CC(=O)C(Cc2cnc[nH]2)NC(=O)CN)C(=O)O)cc1)C(=O)N1CCC[C@H]1B(O)O. The zero-order valence-corrected chi connectivity index (χ0v) is 29.7. The number of likely N-dealkylation sites (tertiary alicyclic amines) is 1. The van der Waals surface area contributed by atoms with Crippen molar-refractivity contribution >= 4 is 54.0 Å². The Morgan fingerprint density at radius 1 is 1.00 bits per heavy atom. The van der Waals surface area contributed by atoms with Gasteiger partial charge in [-0.15, -0.1) is 0 Å². The standard InChI is InChI=1S/C34H49BN8O10/c1-21(33(49)43-15-5-8-29(43)35(52)53)39-32(48)22-9-11-24(12-10-22)41-42-30(46)14-13-26(44)7-4-2-3-6-23(34(50)51)16-28(45)27(40-31(47)18-36)17-25-19-37-20-38-25/h9-12,19-21,23,27,29,41,52-53H,2-8,13-18,36H2,1H3,(H,37,38)(H,39,48)(H,40,47)(H,42,46)(H,50,51)/t21-,23-,27?,29+/m1/s1. The fourth-order valence-corrected chi connectivity index (χ4v) is 5.96. The fourth-order valence-electron chi connectivity index (χ4n) is 5.96. The molecule has 1 aromatic heterocycles. The first-order chi connectivity index (χ1) is 25.3. The molecule has 1 aliphatic heterocycles. The second-order valence-corrected chi connectivity index (χ2v) is 13.0. The van der Waals surface area contributed by atoms with E-state index in [1.54, 1.807) is 12.1 Å². The summed E-state index contributed by atoms with van der Waals surface area (Å²) >= 11 is 0. The second-order valence-electron chi connectivity index (χ2n) is 13.0. The van der Waals surface area contributed by atoms with Crippen LogP contribution < -0.4 is 27.2 Å². The molecular formula is C34H49BN8O10. The summed E-state index contributed by atoms with van der Waals surface area (Å²) in [5.74, 6) is -5.23. The Morgan fingerprint density at radius 2 is 1.74 bits per heavy atom. The van der Waals surface area contributed by atoms with Crippen LogP contribution in [-0.2, 0) is 35.2 Å². The van der Waals surface area contributed by atoms with E-state index in [1.807, 2.05) is 0 Å². The molecule has 4 amide bonds. The first-order valence-electron chi connectivity index (χ1n) is 17.6. The number of carboxylic acids is 1. The lowest BCUT2D eigenvalue weighted by atomic mass is 9.78. The molecule has 288 valence electrons. The molecule has 4 atom stereocenters. The lowest BCUT2D eigenvalue weighted by Gasteiger charge is -2.27. The first-order valence-corrected chi connectivity index (χ1v) is 17.6. The number of H-pyrrole nitrogens is 1. The lowest BCUT2D eigenvalue weighted by molar-refractivity contribution is -0.144. The van der Waals surface area contributed by atoms with Crippen LogP contribution in [0.3, 0.4) is 0 Å². The normalized spacial score (nSPS) is 15.5. The van der Waals surface area contributed by atoms with E-state index in [0.29, 0.717) is 50.0 Å². The van der Waals surface area contributed by atoms with Crippen molar-refractivity contribution in [1.29, 1.82) is 0 Å². The number of anilines is 1. The number of aromatic nitrogens is 2. The molecule has 2 heterocycles. The van der Waals surface area contributed by atoms with Gasteiger partial charge in [-0.1, -0.05) is 12.8 Å². The Kier molecular flexibility index (Phi) is 17.1. The number of hydrogen-bond acceptors (Lipinski definition) is 12. The third-order valence-corrected chi connectivity index (χ3v) is 8.96. The van der Waals surface area contributed by atoms with Crippen molar-refractivity contribution in [3.63, 3.8) is 0 Å². The molecule has 1 aromatic carbocycles. The number of imidazole rings is 1. The molecule has 1 saturated heterocycles. The summed E-state index contributed by atoms with van der Waals surface area (Å²) in [6.07, 6.45) is 5.77. The molecule has 0 aliphatic carbocycles. The number of nitrogens with one attached hydrogen (secondary N) is 5. The molecule has 0 spiro atoms. The predicted molar refractivity (Wildman–Crippen MR) is 191 cm³/mol. The Balaban J connectivity index is 1.32. The van der Waals surface area contributed by atoms with E-state index >= 15 is 0 Å². The van der Waals surface area contributed by atoms with Gasteiger partial charge in [0.2, 0.25) is 17.7 Å². The van der Waals surface area contributed by atoms with Gasteiger partial charge in [-0.2, -0.15) is 0 Å². The van der Waals surface area contributed by atoms with E-state index < -0.39 is 66.4 Å². The number of hydrogen-bond donors (Lipinski definition) is 9. The quantitative estimate of drug-likeness (QED) is 0.0400. The van der Waals surface area contributed by atoms with Gasteiger partial charge < -0.3 is 41.4 Å². The number of aromatic amines is 1. The minimum absolute atomic E-state index is 0.0114. The van der Waals surface area contributed by atoms with Gasteiger partial charge in [-0.25, -0.2) is 4.98 Å². The van der Waals surface area contributed by atoms with Crippen LogP contribution in [0.1, 0.15) is 87.2 Å². The van der Waals surface area contributed by atoms with Crippen molar-refractivity contribution in [2.45, 2.75) is 95.6 Å². The molecular weight excluding hydrogens is 691 g/mol. The number of nitrogens with zero attached hydrogens (tertiary/aromatic N) is 2. The van der Waals surface area contributed by atoms with Gasteiger partial charge in [-0.05, 0) is 56.9 Å². The molecule has 18 nitrogen and oxygen atoms in total. The molecule has 10 N–H and O–H groups in total. The fraction of sp³-hybridized carbons (Fsp3) is 0.529. The molecule has 0 bridgehead atoms. The molecule has 53 heavy (non-hydrogen) atoms. The van der Waals surface area contributed by atoms with Crippen molar-refractivity contribution in [2.75, 3.05) is 18.5 Å². The average molecular weight is 741 g/mol. The van der Waals surface area contributed by atoms with Gasteiger partial charge in [0.25, 0.3) is 5.91 Å². The van der Waals surface area contributed by atoms with Crippen LogP contribution in [0.15, 0.2) is 36.8 Å². The molecule has 0 saturated carbocycles. The number of amides is 4. The Bertz CT molecular complexity index is 1560. The predicted octanol–water partition coefficient (Wildman–Crippen LogP) is -0.380. The number of ketones is 2. The van der Waals surface area contributed by atoms with E-state index in [2.05, 4.69) is 31.5 Å². The zero-order valence-electron chi connectivity index (χ0n) is 29.7. The smallest absolute Gasteiger partial charge is 0.475 e. The van der Waals surface area contributed by atoms with Gasteiger partial charge >= 0.3 is 13.1 Å². The number of Topliss-reactive ketones (excluding diaryl/α,β-unsaturated/α-hetero) is 2. The maximum absolute atomic E-state index is 12.9. The number of aliphatic carboxylic acids is 1. The zero-order chi connectivity index (χ0) is 38.9. The average Bonchev–Trinajstić information content (AvgIpc) is 3.85. The first kappa shape index (κ1) is 42.3. The number of rotatable bonds is 23. The van der Waals surface area contributed by atoms with Crippen LogP contribution in [-0.4, -0.2) is 109 Å². The van der Waals surface area contributed by atoms with Gasteiger partial charge in [-0.3, -0.25) is 44.4 Å². The van der Waals surface area contributed by atoms with E-state index in [-0.39, 0.29) is 56.4 Å². The number of benzene rings is 1. The van der Waals surface area contributed by atoms with Crippen LogP contribution in [0.5, 0.6) is 0 Å². The number of carboxylic acid groups (broad SMARTS) is 1. The van der Waals surface area contributed by atoms with Crippen LogP contribution in [0.4, 0.5) is 5.69 Å². The Hall–Kier alpha value is -5.14. The summed E-state index contributed by atoms with van der Waals surface area (Å²) in [4.78, 5) is 94.8. The summed E-state index contributed by atoms with van der Waals surface area (Å²) < 4.78 is 0. The van der Waals surface area contributed by atoms with Gasteiger partial charge in [0.05, 0.1) is 36.5 Å². The van der Waals surface area contributed by atoms with Crippen molar-refractivity contribution in [2.24, 2.45) is 11.7 Å². The van der Waals surface area contributed by atoms with Crippen molar-refractivity contribution in [3.8, 4) is 0 Å². The van der Waals surface area contributed by atoms with Crippen LogP contribution in [0.25, 0.3) is 0 Å². The Labute approximate surface area is 307 Å². The van der Waals surface area contributed by atoms with Crippen molar-refractivity contribution < 1.29 is 48.7 Å². The maximum Gasteiger partial charge on any atom is 0.475 e. The lowest BCUT2D eigenvalue weighted by Crippen LogP contribution is -2.52. The van der Waals surface area contributed by atoms with E-state index in [9.17, 15) is 48.7 Å². The Morgan fingerprint density at radius 3 is 2.38 bits per heavy atom. The minimum atomic E-state index is -1.65. The summed E-state index contributed by atoms with van der Waals surface area (Å²) in [5.41, 5.74) is 11.9. The molecule has 2 aromatic rings. The van der Waals surface area contributed by atoms with E-state index in [1.165, 1.54) is 36.5 Å². The number of carbonyl (C=O) groups is 7. The van der Waals surface area contributed by atoms with Gasteiger partial charge in [0, 0.05) is 56.1 Å². The molecule has 1 aliphatic rings. The molecule has 0 radical (unpaired) electrons. The molecule has 1 fully saturated rings. The van der Waals surface area contributed by atoms with Crippen LogP contribution in [0, 0.1) is 5.92 Å². The van der Waals surface area contributed by atoms with Crippen LogP contribution in [0.2, 0.25) is 0 Å². The number of carbonyl (C=O) groups excluding carboxylic acids is 6. The second kappa shape index (κ2) is 21.4. The molecule has 19 heteroatoms. The number of unbranched alkanes of at least 4 members (excludes halogenated alkanes) is 2. The maximum atomic E-state index is 12.9. The van der Waals surface area contributed by atoms with Gasteiger partial charge in [0.15, 0.2) is 5.78 Å². The highest BCUT2D eigenvalue weighted by atomic mass is 16.4. The molecule has 1 unspecified atom stereocenters. The largest absolute Gasteiger partial charge is 0.481 e. The minimum Gasteiger partial charge on any atom is -0.481 e. The highest BCUT2D eigenvalue weighted by molar-refractivity contribution is 6.43. The summed E-state index contributed by atoms with van der Waals surface area (Å²) in [5, 5.41) is 33.9. The number of hydrazine groups is 1. The highest BCUT2D eigenvalue weighted by Crippen LogP contribution is 2.20. The summed E-state index contributed by atoms with van der Waals surface area (Å²) in [7, 11) is -1.65. The summed E-state index contributed by atoms with van der Waals surface area (Å²) in [6, 6.07) is 4.26. The third kappa shape index (κ3) is 14.1. The van der Waals surface area contributed by atoms with Crippen molar-refractivity contribution in [1.82, 2.24) is 30.9 Å².